The molecule has 0 aliphatic heterocycles. The first kappa shape index (κ1) is 15.6. The van der Waals surface area contributed by atoms with Gasteiger partial charge in [0, 0.05) is 0 Å². The standard InChI is InChI=1S/C13H17N3O4S/c1-3-11-5-4-10(8-17)6-12(11)21(18,19)14-7-13-15-9(2)16-20-13/h4-6,14,17H,3,7-8H2,1-2H3. The summed E-state index contributed by atoms with van der Waals surface area (Å²) in [5, 5.41) is 12.8. The van der Waals surface area contributed by atoms with Crippen molar-refractivity contribution in [1.29, 1.82) is 0 Å². The van der Waals surface area contributed by atoms with E-state index in [0.29, 0.717) is 23.4 Å². The van der Waals surface area contributed by atoms with E-state index in [9.17, 15) is 8.42 Å². The third-order valence-electron chi connectivity index (χ3n) is 2.97. The van der Waals surface area contributed by atoms with Crippen LogP contribution in [0.1, 0.15) is 29.8 Å². The smallest absolute Gasteiger partial charge is 0.241 e. The van der Waals surface area contributed by atoms with Crippen molar-refractivity contribution in [2.75, 3.05) is 0 Å². The van der Waals surface area contributed by atoms with E-state index in [1.165, 1.54) is 6.07 Å². The van der Waals surface area contributed by atoms with Gasteiger partial charge >= 0.3 is 0 Å². The molecule has 7 nitrogen and oxygen atoms in total. The maximum atomic E-state index is 12.4. The minimum Gasteiger partial charge on any atom is -0.392 e. The van der Waals surface area contributed by atoms with Gasteiger partial charge in [-0.2, -0.15) is 4.98 Å². The zero-order chi connectivity index (χ0) is 15.5. The van der Waals surface area contributed by atoms with Crippen molar-refractivity contribution in [2.45, 2.75) is 38.3 Å². The van der Waals surface area contributed by atoms with Crippen LogP contribution in [0.5, 0.6) is 0 Å². The molecule has 1 aromatic carbocycles. The summed E-state index contributed by atoms with van der Waals surface area (Å²) in [4.78, 5) is 4.10. The molecule has 114 valence electrons. The molecule has 0 atom stereocenters. The first-order valence-electron chi connectivity index (χ1n) is 6.47. The summed E-state index contributed by atoms with van der Waals surface area (Å²) in [5.41, 5.74) is 1.22. The summed E-state index contributed by atoms with van der Waals surface area (Å²) < 4.78 is 32.0. The highest BCUT2D eigenvalue weighted by atomic mass is 32.2. The number of aromatic nitrogens is 2. The van der Waals surface area contributed by atoms with Crippen LogP contribution in [0.2, 0.25) is 0 Å². The average molecular weight is 311 g/mol. The molecule has 0 saturated carbocycles. The number of hydrogen-bond donors (Lipinski definition) is 2. The lowest BCUT2D eigenvalue weighted by molar-refractivity contribution is 0.281. The Morgan fingerprint density at radius 3 is 2.71 bits per heavy atom. The molecular formula is C13H17N3O4S. The van der Waals surface area contributed by atoms with Crippen LogP contribution in [0.4, 0.5) is 0 Å². The molecule has 0 unspecified atom stereocenters. The Morgan fingerprint density at radius 2 is 2.14 bits per heavy atom. The van der Waals surface area contributed by atoms with E-state index in [1.807, 2.05) is 6.92 Å². The lowest BCUT2D eigenvalue weighted by Crippen LogP contribution is -2.24. The van der Waals surface area contributed by atoms with Gasteiger partial charge in [-0.3, -0.25) is 0 Å². The summed E-state index contributed by atoms with van der Waals surface area (Å²) in [6, 6.07) is 4.89. The number of rotatable bonds is 6. The van der Waals surface area contributed by atoms with E-state index in [1.54, 1.807) is 19.1 Å². The first-order chi connectivity index (χ1) is 9.96. The number of nitrogens with one attached hydrogen (secondary N) is 1. The number of benzene rings is 1. The third kappa shape index (κ3) is 3.66. The first-order valence-corrected chi connectivity index (χ1v) is 7.96. The number of nitrogens with zero attached hydrogens (tertiary/aromatic N) is 2. The fourth-order valence-corrected chi connectivity index (χ4v) is 3.22. The van der Waals surface area contributed by atoms with Crippen molar-refractivity contribution in [1.82, 2.24) is 14.9 Å². The van der Waals surface area contributed by atoms with Gasteiger partial charge in [0.1, 0.15) is 0 Å². The van der Waals surface area contributed by atoms with E-state index in [4.69, 9.17) is 9.63 Å². The van der Waals surface area contributed by atoms with Crippen LogP contribution < -0.4 is 4.72 Å². The number of sulfonamides is 1. The van der Waals surface area contributed by atoms with Crippen molar-refractivity contribution in [3.8, 4) is 0 Å². The van der Waals surface area contributed by atoms with Gasteiger partial charge in [0.15, 0.2) is 5.82 Å². The molecule has 0 aliphatic rings. The van der Waals surface area contributed by atoms with E-state index in [0.717, 1.165) is 0 Å². The fourth-order valence-electron chi connectivity index (χ4n) is 1.89. The van der Waals surface area contributed by atoms with Gasteiger partial charge < -0.3 is 9.63 Å². The van der Waals surface area contributed by atoms with Crippen LogP contribution in [0, 0.1) is 6.92 Å². The minimum atomic E-state index is -3.71. The third-order valence-corrected chi connectivity index (χ3v) is 4.45. The van der Waals surface area contributed by atoms with Gasteiger partial charge in [-0.15, -0.1) is 0 Å². The highest BCUT2D eigenvalue weighted by Gasteiger charge is 2.19. The Balaban J connectivity index is 2.26. The summed E-state index contributed by atoms with van der Waals surface area (Å²) in [5.74, 6) is 0.646. The zero-order valence-electron chi connectivity index (χ0n) is 11.8. The molecule has 0 fully saturated rings. The maximum absolute atomic E-state index is 12.4. The Labute approximate surface area is 123 Å². The Bertz CT molecular complexity index is 725. The van der Waals surface area contributed by atoms with Crippen LogP contribution in [0.15, 0.2) is 27.6 Å². The highest BCUT2D eigenvalue weighted by Crippen LogP contribution is 2.19. The van der Waals surface area contributed by atoms with Gasteiger partial charge in [-0.25, -0.2) is 13.1 Å². The predicted octanol–water partition coefficient (Wildman–Crippen LogP) is 0.911. The molecule has 2 rings (SSSR count). The second-order valence-corrected chi connectivity index (χ2v) is 6.25. The molecule has 0 aliphatic carbocycles. The number of aliphatic hydroxyl groups is 1. The van der Waals surface area contributed by atoms with Crippen molar-refractivity contribution < 1.29 is 18.0 Å². The topological polar surface area (TPSA) is 105 Å². The van der Waals surface area contributed by atoms with E-state index in [-0.39, 0.29) is 23.9 Å². The van der Waals surface area contributed by atoms with Gasteiger partial charge in [-0.1, -0.05) is 24.2 Å². The zero-order valence-corrected chi connectivity index (χ0v) is 12.6. The number of aliphatic hydroxyl groups excluding tert-OH is 1. The number of hydrogen-bond acceptors (Lipinski definition) is 6. The summed E-state index contributed by atoms with van der Waals surface area (Å²) in [6.45, 7) is 3.24. The van der Waals surface area contributed by atoms with E-state index < -0.39 is 10.0 Å². The second-order valence-electron chi connectivity index (χ2n) is 4.51. The lowest BCUT2D eigenvalue weighted by atomic mass is 10.1. The SMILES string of the molecule is CCc1ccc(CO)cc1S(=O)(=O)NCc1nc(C)no1. The predicted molar refractivity (Wildman–Crippen MR) is 74.8 cm³/mol. The van der Waals surface area contributed by atoms with E-state index >= 15 is 0 Å². The molecule has 1 heterocycles. The highest BCUT2D eigenvalue weighted by molar-refractivity contribution is 7.89. The summed E-state index contributed by atoms with van der Waals surface area (Å²) >= 11 is 0. The van der Waals surface area contributed by atoms with Crippen LogP contribution in [-0.4, -0.2) is 23.7 Å². The fraction of sp³-hybridized carbons (Fsp3) is 0.385. The summed E-state index contributed by atoms with van der Waals surface area (Å²) in [6.07, 6.45) is 0.571. The Kier molecular flexibility index (Phi) is 4.71. The molecule has 1 aromatic heterocycles. The van der Waals surface area contributed by atoms with Gasteiger partial charge in [-0.05, 0) is 30.5 Å². The molecule has 0 amide bonds. The molecular weight excluding hydrogens is 294 g/mol. The van der Waals surface area contributed by atoms with Crippen LogP contribution in [0.3, 0.4) is 0 Å². The maximum Gasteiger partial charge on any atom is 0.241 e. The Morgan fingerprint density at radius 1 is 1.38 bits per heavy atom. The van der Waals surface area contributed by atoms with Crippen molar-refractivity contribution in [3.05, 3.63) is 41.0 Å². The molecule has 2 N–H and O–H groups in total. The number of aryl methyl sites for hydroxylation is 2. The van der Waals surface area contributed by atoms with Gasteiger partial charge in [0.05, 0.1) is 18.0 Å². The molecule has 0 spiro atoms. The largest absolute Gasteiger partial charge is 0.392 e. The molecule has 21 heavy (non-hydrogen) atoms. The van der Waals surface area contributed by atoms with Crippen LogP contribution in [-0.2, 0) is 29.6 Å². The van der Waals surface area contributed by atoms with E-state index in [2.05, 4.69) is 14.9 Å². The van der Waals surface area contributed by atoms with Crippen molar-refractivity contribution in [2.24, 2.45) is 0 Å². The minimum absolute atomic E-state index is 0.0737. The Hall–Kier alpha value is -1.77. The van der Waals surface area contributed by atoms with Crippen molar-refractivity contribution >= 4 is 10.0 Å². The van der Waals surface area contributed by atoms with Crippen molar-refractivity contribution in [3.63, 3.8) is 0 Å². The van der Waals surface area contributed by atoms with Crippen LogP contribution in [0.25, 0.3) is 0 Å². The van der Waals surface area contributed by atoms with Gasteiger partial charge in [0.25, 0.3) is 0 Å². The summed E-state index contributed by atoms with van der Waals surface area (Å²) in [7, 11) is -3.71. The monoisotopic (exact) mass is 311 g/mol. The average Bonchev–Trinajstić information content (AvgIpc) is 2.90. The molecule has 0 bridgehead atoms. The lowest BCUT2D eigenvalue weighted by Gasteiger charge is -2.11. The van der Waals surface area contributed by atoms with Crippen LogP contribution >= 0.6 is 0 Å². The molecule has 2 aromatic rings. The van der Waals surface area contributed by atoms with Gasteiger partial charge in [0.2, 0.25) is 15.9 Å². The molecule has 0 saturated heterocycles. The second kappa shape index (κ2) is 6.33. The molecule has 0 radical (unpaired) electrons. The normalized spacial score (nSPS) is 11.8. The molecule has 8 heteroatoms. The quantitative estimate of drug-likeness (QED) is 0.821.